The third-order valence-corrected chi connectivity index (χ3v) is 2.89. The van der Waals surface area contributed by atoms with Gasteiger partial charge in [0.05, 0.1) is 11.1 Å². The number of rotatable bonds is 3. The van der Waals surface area contributed by atoms with Gasteiger partial charge in [-0.05, 0) is 25.1 Å². The lowest BCUT2D eigenvalue weighted by atomic mass is 10.1. The number of carbonyl (C=O) groups excluding carboxylic acids is 2. The molecule has 1 heterocycles. The Morgan fingerprint density at radius 3 is 1.85 bits per heavy atom. The molecule has 2 amide bonds. The predicted molar refractivity (Wildman–Crippen MR) is 73.6 cm³/mol. The SMILES string of the molecule is CN[C@H](C(=O)O)C(C)C.O=C1NC(=O)c2ccccc21. The maximum Gasteiger partial charge on any atom is 0.320 e. The number of carbonyl (C=O) groups is 3. The van der Waals surface area contributed by atoms with E-state index in [1.807, 2.05) is 13.8 Å². The maximum absolute atomic E-state index is 10.9. The summed E-state index contributed by atoms with van der Waals surface area (Å²) in [5, 5.41) is 13.4. The number of likely N-dealkylation sites (N-methyl/N-ethyl adjacent to an activating group) is 1. The van der Waals surface area contributed by atoms with Crippen molar-refractivity contribution in [2.24, 2.45) is 5.92 Å². The van der Waals surface area contributed by atoms with Gasteiger partial charge < -0.3 is 10.4 Å². The van der Waals surface area contributed by atoms with Crippen LogP contribution in [0.1, 0.15) is 34.6 Å². The van der Waals surface area contributed by atoms with Crippen molar-refractivity contribution in [2.75, 3.05) is 7.05 Å². The molecule has 0 aromatic heterocycles. The fourth-order valence-corrected chi connectivity index (χ4v) is 1.86. The zero-order valence-corrected chi connectivity index (χ0v) is 11.6. The van der Waals surface area contributed by atoms with E-state index in [0.717, 1.165) is 0 Å². The molecule has 6 nitrogen and oxygen atoms in total. The van der Waals surface area contributed by atoms with Gasteiger partial charge in [0.15, 0.2) is 0 Å². The molecule has 1 aromatic rings. The molecule has 0 radical (unpaired) electrons. The minimum Gasteiger partial charge on any atom is -0.480 e. The number of aliphatic carboxylic acids is 1. The standard InChI is InChI=1S/C8H5NO2.C6H13NO2/c10-7-5-3-1-2-4-6(5)8(11)9-7;1-4(2)5(7-3)6(8)9/h1-4H,(H,9,10,11);4-5,7H,1-3H3,(H,8,9)/t;5-/m.0/s1. The number of nitrogens with one attached hydrogen (secondary N) is 2. The van der Waals surface area contributed by atoms with Crippen LogP contribution in [0.3, 0.4) is 0 Å². The summed E-state index contributed by atoms with van der Waals surface area (Å²) in [5.74, 6) is -1.24. The van der Waals surface area contributed by atoms with Crippen LogP contribution in [0.4, 0.5) is 0 Å². The second-order valence-corrected chi connectivity index (χ2v) is 4.68. The summed E-state index contributed by atoms with van der Waals surface area (Å²) in [6.45, 7) is 3.74. The molecule has 0 bridgehead atoms. The number of carboxylic acids is 1. The van der Waals surface area contributed by atoms with Crippen LogP contribution in [0.15, 0.2) is 24.3 Å². The van der Waals surface area contributed by atoms with Crippen LogP contribution in [-0.2, 0) is 4.79 Å². The molecular formula is C14H18N2O4. The van der Waals surface area contributed by atoms with Gasteiger partial charge >= 0.3 is 5.97 Å². The van der Waals surface area contributed by atoms with Gasteiger partial charge in [-0.25, -0.2) is 0 Å². The summed E-state index contributed by atoms with van der Waals surface area (Å²) in [6, 6.07) is 6.32. The van der Waals surface area contributed by atoms with Crippen LogP contribution >= 0.6 is 0 Å². The molecule has 2 rings (SSSR count). The van der Waals surface area contributed by atoms with Gasteiger partial charge in [-0.15, -0.1) is 0 Å². The average molecular weight is 278 g/mol. The minimum atomic E-state index is -0.785. The van der Waals surface area contributed by atoms with Crippen molar-refractivity contribution in [1.82, 2.24) is 10.6 Å². The molecule has 1 atom stereocenters. The van der Waals surface area contributed by atoms with Gasteiger partial charge in [0, 0.05) is 0 Å². The highest BCUT2D eigenvalue weighted by molar-refractivity contribution is 6.21. The lowest BCUT2D eigenvalue weighted by Crippen LogP contribution is -2.38. The van der Waals surface area contributed by atoms with Crippen LogP contribution < -0.4 is 10.6 Å². The molecule has 0 aliphatic carbocycles. The summed E-state index contributed by atoms with van der Waals surface area (Å²) in [4.78, 5) is 32.2. The summed E-state index contributed by atoms with van der Waals surface area (Å²) in [5.41, 5.74) is 0.940. The molecule has 0 fully saturated rings. The Hall–Kier alpha value is -2.21. The summed E-state index contributed by atoms with van der Waals surface area (Å²) in [7, 11) is 1.65. The first-order valence-electron chi connectivity index (χ1n) is 6.23. The molecule has 0 spiro atoms. The van der Waals surface area contributed by atoms with E-state index in [-0.39, 0.29) is 17.7 Å². The third-order valence-electron chi connectivity index (χ3n) is 2.89. The Kier molecular flexibility index (Phi) is 5.40. The van der Waals surface area contributed by atoms with Crippen molar-refractivity contribution in [2.45, 2.75) is 19.9 Å². The van der Waals surface area contributed by atoms with Gasteiger partial charge in [-0.3, -0.25) is 19.7 Å². The van der Waals surface area contributed by atoms with Crippen LogP contribution in [0.5, 0.6) is 0 Å². The first-order valence-corrected chi connectivity index (χ1v) is 6.23. The van der Waals surface area contributed by atoms with E-state index in [4.69, 9.17) is 5.11 Å². The zero-order chi connectivity index (χ0) is 15.3. The molecule has 108 valence electrons. The van der Waals surface area contributed by atoms with E-state index in [2.05, 4.69) is 10.6 Å². The zero-order valence-electron chi connectivity index (χ0n) is 11.6. The van der Waals surface area contributed by atoms with Gasteiger partial charge in [0.25, 0.3) is 11.8 Å². The fraction of sp³-hybridized carbons (Fsp3) is 0.357. The lowest BCUT2D eigenvalue weighted by Gasteiger charge is -2.13. The van der Waals surface area contributed by atoms with E-state index in [1.165, 1.54) is 0 Å². The molecule has 6 heteroatoms. The van der Waals surface area contributed by atoms with Gasteiger partial charge in [-0.1, -0.05) is 26.0 Å². The van der Waals surface area contributed by atoms with Gasteiger partial charge in [-0.2, -0.15) is 0 Å². The van der Waals surface area contributed by atoms with Crippen molar-refractivity contribution in [3.05, 3.63) is 35.4 Å². The van der Waals surface area contributed by atoms with E-state index < -0.39 is 12.0 Å². The minimum absolute atomic E-state index is 0.146. The normalized spacial score (nSPS) is 14.2. The Labute approximate surface area is 117 Å². The average Bonchev–Trinajstić information content (AvgIpc) is 2.66. The molecular weight excluding hydrogens is 260 g/mol. The van der Waals surface area contributed by atoms with Gasteiger partial charge in [0.2, 0.25) is 0 Å². The first-order chi connectivity index (χ1) is 9.38. The largest absolute Gasteiger partial charge is 0.480 e. The smallest absolute Gasteiger partial charge is 0.320 e. The van der Waals surface area contributed by atoms with Gasteiger partial charge in [0.1, 0.15) is 6.04 Å². The quantitative estimate of drug-likeness (QED) is 0.713. The van der Waals surface area contributed by atoms with Crippen LogP contribution in [0.25, 0.3) is 0 Å². The van der Waals surface area contributed by atoms with Crippen LogP contribution in [-0.4, -0.2) is 36.0 Å². The number of hydrogen-bond donors (Lipinski definition) is 3. The second-order valence-electron chi connectivity index (χ2n) is 4.68. The molecule has 20 heavy (non-hydrogen) atoms. The van der Waals surface area contributed by atoms with E-state index in [9.17, 15) is 14.4 Å². The van der Waals surface area contributed by atoms with Crippen molar-refractivity contribution in [1.29, 1.82) is 0 Å². The van der Waals surface area contributed by atoms with Crippen LogP contribution in [0, 0.1) is 5.92 Å². The first kappa shape index (κ1) is 15.8. The Morgan fingerprint density at radius 2 is 1.60 bits per heavy atom. The van der Waals surface area contributed by atoms with Crippen molar-refractivity contribution < 1.29 is 19.5 Å². The van der Waals surface area contributed by atoms with E-state index in [1.54, 1.807) is 31.3 Å². The predicted octanol–water partition coefficient (Wildman–Crippen LogP) is 0.885. The Morgan fingerprint density at radius 1 is 1.15 bits per heavy atom. The lowest BCUT2D eigenvalue weighted by molar-refractivity contribution is -0.140. The number of imide groups is 1. The second kappa shape index (κ2) is 6.81. The maximum atomic E-state index is 10.9. The third kappa shape index (κ3) is 3.64. The van der Waals surface area contributed by atoms with Crippen molar-refractivity contribution >= 4 is 17.8 Å². The number of hydrogen-bond acceptors (Lipinski definition) is 4. The molecule has 3 N–H and O–H groups in total. The highest BCUT2D eigenvalue weighted by Gasteiger charge is 2.25. The van der Waals surface area contributed by atoms with Crippen molar-refractivity contribution in [3.8, 4) is 0 Å². The Bertz CT molecular complexity index is 493. The summed E-state index contributed by atoms with van der Waals surface area (Å²) >= 11 is 0. The molecule has 0 saturated heterocycles. The van der Waals surface area contributed by atoms with E-state index >= 15 is 0 Å². The molecule has 1 aliphatic rings. The monoisotopic (exact) mass is 278 g/mol. The topological polar surface area (TPSA) is 95.5 Å². The molecule has 1 aliphatic heterocycles. The summed E-state index contributed by atoms with van der Waals surface area (Å²) < 4.78 is 0. The number of carboxylic acid groups (broad SMARTS) is 1. The number of fused-ring (bicyclic) bond motifs is 1. The van der Waals surface area contributed by atoms with Crippen molar-refractivity contribution in [3.63, 3.8) is 0 Å². The fourth-order valence-electron chi connectivity index (χ4n) is 1.86. The van der Waals surface area contributed by atoms with E-state index in [0.29, 0.717) is 11.1 Å². The number of amides is 2. The Balaban J connectivity index is 0.000000206. The molecule has 0 unspecified atom stereocenters. The van der Waals surface area contributed by atoms with Crippen LogP contribution in [0.2, 0.25) is 0 Å². The highest BCUT2D eigenvalue weighted by Crippen LogP contribution is 2.13. The highest BCUT2D eigenvalue weighted by atomic mass is 16.4. The number of benzene rings is 1. The summed E-state index contributed by atoms with van der Waals surface area (Å²) in [6.07, 6.45) is 0. The molecule has 1 aromatic carbocycles. The molecule has 0 saturated carbocycles.